The predicted molar refractivity (Wildman–Crippen MR) is 75.4 cm³/mol. The summed E-state index contributed by atoms with van der Waals surface area (Å²) in [6.45, 7) is 0. The van der Waals surface area contributed by atoms with Crippen LogP contribution in [0.3, 0.4) is 0 Å². The lowest BCUT2D eigenvalue weighted by atomic mass is 10.1. The largest absolute Gasteiger partial charge is 0.476 e. The van der Waals surface area contributed by atoms with Gasteiger partial charge in [0.1, 0.15) is 0 Å². The van der Waals surface area contributed by atoms with Crippen LogP contribution >= 0.6 is 0 Å². The number of nitriles is 1. The summed E-state index contributed by atoms with van der Waals surface area (Å²) >= 11 is 0. The molecule has 2 N–H and O–H groups in total. The second-order valence-electron chi connectivity index (χ2n) is 3.93. The van der Waals surface area contributed by atoms with Crippen molar-refractivity contribution in [2.24, 2.45) is 5.10 Å². The molecule has 5 heteroatoms. The van der Waals surface area contributed by atoms with Crippen molar-refractivity contribution in [3.05, 3.63) is 65.7 Å². The lowest BCUT2D eigenvalue weighted by molar-refractivity contribution is -0.129. The second kappa shape index (κ2) is 6.16. The van der Waals surface area contributed by atoms with Gasteiger partial charge in [-0.05, 0) is 24.3 Å². The van der Waals surface area contributed by atoms with Crippen molar-refractivity contribution in [1.82, 2.24) is 0 Å². The van der Waals surface area contributed by atoms with E-state index in [-0.39, 0.29) is 5.71 Å². The molecule has 0 saturated heterocycles. The highest BCUT2D eigenvalue weighted by atomic mass is 16.4. The lowest BCUT2D eigenvalue weighted by Crippen LogP contribution is -2.16. The van der Waals surface area contributed by atoms with Gasteiger partial charge in [0, 0.05) is 5.56 Å². The SMILES string of the molecule is N#Cc1ccc(/C(=N/Nc2ccccc2)C(=O)O)cc1. The molecule has 0 unspecified atom stereocenters. The third-order valence-electron chi connectivity index (χ3n) is 2.56. The third-order valence-corrected chi connectivity index (χ3v) is 2.56. The number of rotatable bonds is 4. The number of nitrogens with zero attached hydrogens (tertiary/aromatic N) is 2. The van der Waals surface area contributed by atoms with E-state index >= 15 is 0 Å². The Morgan fingerprint density at radius 3 is 2.30 bits per heavy atom. The molecule has 0 saturated carbocycles. The number of aliphatic carboxylic acids is 1. The Morgan fingerprint density at radius 1 is 1.10 bits per heavy atom. The highest BCUT2D eigenvalue weighted by Crippen LogP contribution is 2.08. The zero-order chi connectivity index (χ0) is 14.4. The summed E-state index contributed by atoms with van der Waals surface area (Å²) in [5.41, 5.74) is 4.17. The minimum Gasteiger partial charge on any atom is -0.476 e. The standard InChI is InChI=1S/C15H11N3O2/c16-10-11-6-8-12(9-7-11)14(15(19)20)18-17-13-4-2-1-3-5-13/h1-9,17H,(H,19,20)/b18-14-. The number of carbonyl (C=O) groups is 1. The fourth-order valence-electron chi connectivity index (χ4n) is 1.57. The first-order valence-corrected chi connectivity index (χ1v) is 5.83. The number of hydrogen-bond acceptors (Lipinski definition) is 4. The van der Waals surface area contributed by atoms with Crippen molar-refractivity contribution < 1.29 is 9.90 Å². The van der Waals surface area contributed by atoms with Gasteiger partial charge in [0.05, 0.1) is 17.3 Å². The van der Waals surface area contributed by atoms with E-state index in [9.17, 15) is 9.90 Å². The Labute approximate surface area is 115 Å². The van der Waals surface area contributed by atoms with Crippen LogP contribution in [0.15, 0.2) is 59.7 Å². The van der Waals surface area contributed by atoms with Crippen LogP contribution in [-0.2, 0) is 4.79 Å². The maximum Gasteiger partial charge on any atom is 0.356 e. The first kappa shape index (κ1) is 13.3. The first-order chi connectivity index (χ1) is 9.70. The van der Waals surface area contributed by atoms with Gasteiger partial charge in [-0.3, -0.25) is 5.43 Å². The molecule has 0 aliphatic rings. The number of nitrogens with one attached hydrogen (secondary N) is 1. The summed E-state index contributed by atoms with van der Waals surface area (Å²) in [6, 6.07) is 17.2. The molecular weight excluding hydrogens is 254 g/mol. The average molecular weight is 265 g/mol. The van der Waals surface area contributed by atoms with Crippen molar-refractivity contribution in [3.63, 3.8) is 0 Å². The molecule has 2 rings (SSSR count). The number of benzene rings is 2. The van der Waals surface area contributed by atoms with Gasteiger partial charge in [0.15, 0.2) is 5.71 Å². The topological polar surface area (TPSA) is 85.5 Å². The number of carboxylic acid groups (broad SMARTS) is 1. The Morgan fingerprint density at radius 2 is 1.75 bits per heavy atom. The predicted octanol–water partition coefficient (Wildman–Crippen LogP) is 2.46. The molecule has 98 valence electrons. The zero-order valence-electron chi connectivity index (χ0n) is 10.4. The summed E-state index contributed by atoms with van der Waals surface area (Å²) in [7, 11) is 0. The van der Waals surface area contributed by atoms with Crippen molar-refractivity contribution in [1.29, 1.82) is 5.26 Å². The third kappa shape index (κ3) is 3.21. The van der Waals surface area contributed by atoms with E-state index in [1.54, 1.807) is 36.4 Å². The molecule has 0 aliphatic heterocycles. The molecule has 0 heterocycles. The molecule has 0 bridgehead atoms. The monoisotopic (exact) mass is 265 g/mol. The summed E-state index contributed by atoms with van der Waals surface area (Å²) in [4.78, 5) is 11.2. The first-order valence-electron chi connectivity index (χ1n) is 5.83. The Balaban J connectivity index is 2.26. The van der Waals surface area contributed by atoms with E-state index < -0.39 is 5.97 Å². The molecule has 20 heavy (non-hydrogen) atoms. The Bertz CT molecular complexity index is 671. The molecule has 5 nitrogen and oxygen atoms in total. The number of anilines is 1. The maximum atomic E-state index is 11.2. The van der Waals surface area contributed by atoms with Crippen LogP contribution in [-0.4, -0.2) is 16.8 Å². The zero-order valence-corrected chi connectivity index (χ0v) is 10.4. The van der Waals surface area contributed by atoms with Gasteiger partial charge in [-0.2, -0.15) is 10.4 Å². The molecule has 0 amide bonds. The summed E-state index contributed by atoms with van der Waals surface area (Å²) in [5, 5.41) is 21.8. The van der Waals surface area contributed by atoms with Crippen LogP contribution in [0, 0.1) is 11.3 Å². The van der Waals surface area contributed by atoms with Crippen molar-refractivity contribution in [3.8, 4) is 6.07 Å². The highest BCUT2D eigenvalue weighted by Gasteiger charge is 2.12. The molecule has 0 radical (unpaired) electrons. The van der Waals surface area contributed by atoms with Gasteiger partial charge < -0.3 is 5.11 Å². The van der Waals surface area contributed by atoms with Crippen LogP contribution in [0.2, 0.25) is 0 Å². The van der Waals surface area contributed by atoms with Crippen molar-refractivity contribution in [2.75, 3.05) is 5.43 Å². The molecule has 0 spiro atoms. The molecule has 2 aromatic carbocycles. The van der Waals surface area contributed by atoms with E-state index in [4.69, 9.17) is 5.26 Å². The minimum atomic E-state index is -1.14. The van der Waals surface area contributed by atoms with E-state index in [2.05, 4.69) is 10.5 Å². The fourth-order valence-corrected chi connectivity index (χ4v) is 1.57. The molecular formula is C15H11N3O2. The van der Waals surface area contributed by atoms with Gasteiger partial charge in [-0.25, -0.2) is 4.79 Å². The number of para-hydroxylation sites is 1. The fraction of sp³-hybridized carbons (Fsp3) is 0. The smallest absolute Gasteiger partial charge is 0.356 e. The van der Waals surface area contributed by atoms with E-state index in [0.29, 0.717) is 16.8 Å². The van der Waals surface area contributed by atoms with Crippen LogP contribution in [0.1, 0.15) is 11.1 Å². The van der Waals surface area contributed by atoms with Gasteiger partial charge in [-0.1, -0.05) is 30.3 Å². The molecule has 0 aliphatic carbocycles. The van der Waals surface area contributed by atoms with Crippen LogP contribution < -0.4 is 5.43 Å². The van der Waals surface area contributed by atoms with Gasteiger partial charge in [0.2, 0.25) is 0 Å². The van der Waals surface area contributed by atoms with Crippen molar-refractivity contribution >= 4 is 17.4 Å². The van der Waals surface area contributed by atoms with E-state index in [1.807, 2.05) is 24.3 Å². The average Bonchev–Trinajstić information content (AvgIpc) is 2.49. The van der Waals surface area contributed by atoms with Gasteiger partial charge in [0.25, 0.3) is 0 Å². The van der Waals surface area contributed by atoms with Crippen LogP contribution in [0.4, 0.5) is 5.69 Å². The quantitative estimate of drug-likeness (QED) is 0.656. The van der Waals surface area contributed by atoms with E-state index in [0.717, 1.165) is 0 Å². The minimum absolute atomic E-state index is 0.113. The lowest BCUT2D eigenvalue weighted by Gasteiger charge is -2.04. The number of carboxylic acids is 1. The molecule has 2 aromatic rings. The summed E-state index contributed by atoms with van der Waals surface area (Å²) < 4.78 is 0. The highest BCUT2D eigenvalue weighted by molar-refractivity contribution is 6.42. The van der Waals surface area contributed by atoms with Crippen LogP contribution in [0.25, 0.3) is 0 Å². The number of hydrazone groups is 1. The Hall–Kier alpha value is -3.13. The van der Waals surface area contributed by atoms with Gasteiger partial charge in [-0.15, -0.1) is 0 Å². The van der Waals surface area contributed by atoms with Crippen LogP contribution in [0.5, 0.6) is 0 Å². The normalized spacial score (nSPS) is 10.7. The second-order valence-corrected chi connectivity index (χ2v) is 3.93. The van der Waals surface area contributed by atoms with Crippen molar-refractivity contribution in [2.45, 2.75) is 0 Å². The molecule has 0 aromatic heterocycles. The van der Waals surface area contributed by atoms with E-state index in [1.165, 1.54) is 0 Å². The molecule has 0 fully saturated rings. The summed E-state index contributed by atoms with van der Waals surface area (Å²) in [5.74, 6) is -1.14. The summed E-state index contributed by atoms with van der Waals surface area (Å²) in [6.07, 6.45) is 0. The Kier molecular flexibility index (Phi) is 4.10. The number of hydrogen-bond donors (Lipinski definition) is 2. The van der Waals surface area contributed by atoms with Gasteiger partial charge >= 0.3 is 5.97 Å². The molecule has 0 atom stereocenters. The maximum absolute atomic E-state index is 11.2.